The minimum atomic E-state index is -0.415. The molecular weight excluding hydrogens is 232 g/mol. The van der Waals surface area contributed by atoms with Crippen molar-refractivity contribution < 1.29 is 9.15 Å². The first-order chi connectivity index (χ1) is 8.70. The van der Waals surface area contributed by atoms with Crippen LogP contribution in [0.2, 0.25) is 0 Å². The van der Waals surface area contributed by atoms with E-state index in [0.29, 0.717) is 17.7 Å². The topological polar surface area (TPSA) is 67.3 Å². The second-order valence-corrected chi connectivity index (χ2v) is 4.77. The maximum absolute atomic E-state index is 11.1. The molecule has 2 aromatic rings. The number of oxazole rings is 1. The Labute approximate surface area is 104 Å². The Morgan fingerprint density at radius 1 is 1.44 bits per heavy atom. The zero-order chi connectivity index (χ0) is 12.5. The number of hydrogen-bond acceptors (Lipinski definition) is 4. The number of anilines is 1. The summed E-state index contributed by atoms with van der Waals surface area (Å²) in [6.07, 6.45) is 2.30. The molecule has 3 rings (SSSR count). The van der Waals surface area contributed by atoms with Crippen molar-refractivity contribution in [2.45, 2.75) is 31.9 Å². The Hall–Kier alpha value is -1.75. The molecule has 2 N–H and O–H groups in total. The van der Waals surface area contributed by atoms with Crippen molar-refractivity contribution in [3.8, 4) is 0 Å². The highest BCUT2D eigenvalue weighted by molar-refractivity contribution is 5.76. The maximum Gasteiger partial charge on any atom is 0.417 e. The fourth-order valence-corrected chi connectivity index (χ4v) is 2.41. The standard InChI is InChI=1S/C13H16N2O3/c1-8-6-10(4-5-17-8)14-9-2-3-12-11(7-9)15-13(16)18-12/h2-3,7-8,10,14H,4-6H2,1H3,(H,15,16). The molecule has 1 aromatic carbocycles. The lowest BCUT2D eigenvalue weighted by atomic mass is 10.0. The maximum atomic E-state index is 11.1. The highest BCUT2D eigenvalue weighted by Crippen LogP contribution is 2.21. The molecule has 1 aliphatic rings. The van der Waals surface area contributed by atoms with Crippen LogP contribution in [0.4, 0.5) is 5.69 Å². The van der Waals surface area contributed by atoms with Crippen LogP contribution in [0.25, 0.3) is 11.1 Å². The van der Waals surface area contributed by atoms with Gasteiger partial charge in [-0.15, -0.1) is 0 Å². The molecule has 0 saturated carbocycles. The molecule has 1 fully saturated rings. The van der Waals surface area contributed by atoms with Gasteiger partial charge < -0.3 is 14.5 Å². The SMILES string of the molecule is CC1CC(Nc2ccc3oc(=O)[nH]c3c2)CCO1. The number of aromatic amines is 1. The number of ether oxygens (including phenoxy) is 1. The van der Waals surface area contributed by atoms with Gasteiger partial charge >= 0.3 is 5.76 Å². The van der Waals surface area contributed by atoms with Crippen LogP contribution in [0.5, 0.6) is 0 Å². The monoisotopic (exact) mass is 248 g/mol. The number of hydrogen-bond donors (Lipinski definition) is 2. The summed E-state index contributed by atoms with van der Waals surface area (Å²) in [5.41, 5.74) is 2.31. The van der Waals surface area contributed by atoms with E-state index in [4.69, 9.17) is 9.15 Å². The summed E-state index contributed by atoms with van der Waals surface area (Å²) in [5.74, 6) is -0.415. The van der Waals surface area contributed by atoms with E-state index in [1.165, 1.54) is 0 Å². The van der Waals surface area contributed by atoms with Gasteiger partial charge in [0, 0.05) is 18.3 Å². The van der Waals surface area contributed by atoms with Crippen molar-refractivity contribution in [2.24, 2.45) is 0 Å². The molecule has 2 unspecified atom stereocenters. The summed E-state index contributed by atoms with van der Waals surface area (Å²) in [5, 5.41) is 3.47. The van der Waals surface area contributed by atoms with E-state index in [1.54, 1.807) is 6.07 Å². The molecule has 2 atom stereocenters. The van der Waals surface area contributed by atoms with Crippen molar-refractivity contribution in [2.75, 3.05) is 11.9 Å². The lowest BCUT2D eigenvalue weighted by Gasteiger charge is -2.28. The van der Waals surface area contributed by atoms with Gasteiger partial charge in [-0.1, -0.05) is 0 Å². The predicted octanol–water partition coefficient (Wildman–Crippen LogP) is 2.10. The van der Waals surface area contributed by atoms with E-state index in [1.807, 2.05) is 12.1 Å². The molecule has 2 heterocycles. The Morgan fingerprint density at radius 3 is 3.17 bits per heavy atom. The van der Waals surface area contributed by atoms with Gasteiger partial charge in [0.25, 0.3) is 0 Å². The van der Waals surface area contributed by atoms with Crippen LogP contribution in [0.1, 0.15) is 19.8 Å². The average Bonchev–Trinajstić information content (AvgIpc) is 2.68. The third-order valence-electron chi connectivity index (χ3n) is 3.27. The number of nitrogens with one attached hydrogen (secondary N) is 2. The van der Waals surface area contributed by atoms with Gasteiger partial charge in [0.1, 0.15) is 0 Å². The first kappa shape index (κ1) is 11.3. The summed E-state index contributed by atoms with van der Waals surface area (Å²) in [4.78, 5) is 13.7. The van der Waals surface area contributed by atoms with Gasteiger partial charge in [0.2, 0.25) is 0 Å². The molecule has 96 valence electrons. The van der Waals surface area contributed by atoms with Crippen LogP contribution in [0.15, 0.2) is 27.4 Å². The van der Waals surface area contributed by atoms with Gasteiger partial charge in [-0.05, 0) is 38.0 Å². The zero-order valence-corrected chi connectivity index (χ0v) is 10.2. The smallest absolute Gasteiger partial charge is 0.408 e. The number of rotatable bonds is 2. The molecule has 0 bridgehead atoms. The van der Waals surface area contributed by atoms with E-state index in [2.05, 4.69) is 17.2 Å². The van der Waals surface area contributed by atoms with Crippen LogP contribution in [0, 0.1) is 0 Å². The number of aromatic nitrogens is 1. The van der Waals surface area contributed by atoms with E-state index in [-0.39, 0.29) is 0 Å². The minimum Gasteiger partial charge on any atom is -0.408 e. The second kappa shape index (κ2) is 4.49. The summed E-state index contributed by atoms with van der Waals surface area (Å²) in [7, 11) is 0. The summed E-state index contributed by atoms with van der Waals surface area (Å²) in [6, 6.07) is 6.06. The Kier molecular flexibility index (Phi) is 2.83. The lowest BCUT2D eigenvalue weighted by Crippen LogP contribution is -2.32. The van der Waals surface area contributed by atoms with E-state index in [0.717, 1.165) is 30.7 Å². The van der Waals surface area contributed by atoms with Gasteiger partial charge in [0.05, 0.1) is 11.6 Å². The molecule has 5 heteroatoms. The number of fused-ring (bicyclic) bond motifs is 1. The van der Waals surface area contributed by atoms with Crippen LogP contribution >= 0.6 is 0 Å². The van der Waals surface area contributed by atoms with Gasteiger partial charge in [-0.25, -0.2) is 4.79 Å². The van der Waals surface area contributed by atoms with Crippen molar-refractivity contribution in [1.29, 1.82) is 0 Å². The van der Waals surface area contributed by atoms with Crippen molar-refractivity contribution in [1.82, 2.24) is 4.98 Å². The highest BCUT2D eigenvalue weighted by atomic mass is 16.5. The van der Waals surface area contributed by atoms with Crippen LogP contribution in [-0.2, 0) is 4.74 Å². The van der Waals surface area contributed by atoms with Crippen LogP contribution in [0.3, 0.4) is 0 Å². The second-order valence-electron chi connectivity index (χ2n) is 4.77. The molecular formula is C13H16N2O3. The third-order valence-corrected chi connectivity index (χ3v) is 3.27. The first-order valence-electron chi connectivity index (χ1n) is 6.22. The fourth-order valence-electron chi connectivity index (χ4n) is 2.41. The Morgan fingerprint density at radius 2 is 2.33 bits per heavy atom. The summed E-state index contributed by atoms with van der Waals surface area (Å²) >= 11 is 0. The molecule has 1 aromatic heterocycles. The van der Waals surface area contributed by atoms with E-state index in [9.17, 15) is 4.79 Å². The van der Waals surface area contributed by atoms with Gasteiger partial charge in [-0.2, -0.15) is 0 Å². The molecule has 5 nitrogen and oxygen atoms in total. The normalized spacial score (nSPS) is 24.3. The van der Waals surface area contributed by atoms with E-state index < -0.39 is 5.76 Å². The van der Waals surface area contributed by atoms with E-state index >= 15 is 0 Å². The number of H-pyrrole nitrogens is 1. The fraction of sp³-hybridized carbons (Fsp3) is 0.462. The van der Waals surface area contributed by atoms with Crippen molar-refractivity contribution >= 4 is 16.8 Å². The molecule has 1 saturated heterocycles. The Bertz CT molecular complexity index is 602. The first-order valence-corrected chi connectivity index (χ1v) is 6.22. The molecule has 1 aliphatic heterocycles. The summed E-state index contributed by atoms with van der Waals surface area (Å²) in [6.45, 7) is 2.88. The quantitative estimate of drug-likeness (QED) is 0.854. The largest absolute Gasteiger partial charge is 0.417 e. The van der Waals surface area contributed by atoms with Crippen molar-refractivity contribution in [3.63, 3.8) is 0 Å². The average molecular weight is 248 g/mol. The molecule has 0 radical (unpaired) electrons. The Balaban J connectivity index is 1.79. The molecule has 18 heavy (non-hydrogen) atoms. The summed E-state index contributed by atoms with van der Waals surface area (Å²) < 4.78 is 10.5. The van der Waals surface area contributed by atoms with Gasteiger partial charge in [-0.3, -0.25) is 4.98 Å². The lowest BCUT2D eigenvalue weighted by molar-refractivity contribution is 0.0232. The van der Waals surface area contributed by atoms with Crippen LogP contribution < -0.4 is 11.1 Å². The highest BCUT2D eigenvalue weighted by Gasteiger charge is 2.19. The predicted molar refractivity (Wildman–Crippen MR) is 68.9 cm³/mol. The molecule has 0 amide bonds. The molecule has 0 aliphatic carbocycles. The van der Waals surface area contributed by atoms with Gasteiger partial charge in [0.15, 0.2) is 5.58 Å². The number of benzene rings is 1. The molecule has 0 spiro atoms. The zero-order valence-electron chi connectivity index (χ0n) is 10.2. The third kappa shape index (κ3) is 2.26. The van der Waals surface area contributed by atoms with Crippen LogP contribution in [-0.4, -0.2) is 23.7 Å². The minimum absolute atomic E-state index is 0.300. The van der Waals surface area contributed by atoms with Crippen molar-refractivity contribution in [3.05, 3.63) is 28.7 Å².